The van der Waals surface area contributed by atoms with Crippen LogP contribution in [0.3, 0.4) is 0 Å². The standard InChI is InChI=1S/C21H23N3O2S/c1-3-7-19-20(25)24(15-17-8-5-4-6-9-17)21(27-19)23-22-14-16-10-12-18(26-2)13-11-16/h4-6,8-14,19H,3,7,15H2,1-2H3/b22-14+,23-21-. The number of hydrogen-bond donors (Lipinski definition) is 0. The number of thioether (sulfide) groups is 1. The fourth-order valence-corrected chi connectivity index (χ4v) is 3.99. The average molecular weight is 382 g/mol. The summed E-state index contributed by atoms with van der Waals surface area (Å²) < 4.78 is 5.15. The predicted octanol–water partition coefficient (Wildman–Crippen LogP) is 4.33. The molecule has 0 radical (unpaired) electrons. The van der Waals surface area contributed by atoms with E-state index < -0.39 is 0 Å². The second-order valence-corrected chi connectivity index (χ2v) is 7.38. The minimum atomic E-state index is -0.0753. The number of amides is 1. The zero-order chi connectivity index (χ0) is 19.1. The number of rotatable bonds is 7. The molecule has 0 spiro atoms. The van der Waals surface area contributed by atoms with Crippen LogP contribution in [-0.2, 0) is 11.3 Å². The molecule has 1 atom stereocenters. The predicted molar refractivity (Wildman–Crippen MR) is 111 cm³/mol. The molecule has 1 aliphatic rings. The van der Waals surface area contributed by atoms with Crippen molar-refractivity contribution < 1.29 is 9.53 Å². The first kappa shape index (κ1) is 19.2. The molecule has 2 aromatic rings. The molecule has 1 heterocycles. The molecule has 1 unspecified atom stereocenters. The Balaban J connectivity index is 1.77. The first-order chi connectivity index (χ1) is 13.2. The molecule has 1 amide bonds. The maximum atomic E-state index is 12.8. The van der Waals surface area contributed by atoms with E-state index in [1.54, 1.807) is 18.2 Å². The van der Waals surface area contributed by atoms with Gasteiger partial charge in [0, 0.05) is 0 Å². The lowest BCUT2D eigenvalue weighted by Crippen LogP contribution is -2.31. The second-order valence-electron chi connectivity index (χ2n) is 6.21. The van der Waals surface area contributed by atoms with Crippen LogP contribution in [0.15, 0.2) is 64.8 Å². The molecule has 6 heteroatoms. The van der Waals surface area contributed by atoms with Gasteiger partial charge in [0.25, 0.3) is 0 Å². The zero-order valence-corrected chi connectivity index (χ0v) is 16.4. The van der Waals surface area contributed by atoms with E-state index >= 15 is 0 Å². The van der Waals surface area contributed by atoms with Crippen molar-refractivity contribution >= 4 is 29.1 Å². The molecule has 0 bridgehead atoms. The van der Waals surface area contributed by atoms with E-state index in [1.165, 1.54) is 11.8 Å². The third-order valence-electron chi connectivity index (χ3n) is 4.22. The first-order valence-corrected chi connectivity index (χ1v) is 9.86. The Bertz CT molecular complexity index is 819. The summed E-state index contributed by atoms with van der Waals surface area (Å²) in [5.41, 5.74) is 2.00. The van der Waals surface area contributed by atoms with Crippen LogP contribution in [0.2, 0.25) is 0 Å². The topological polar surface area (TPSA) is 54.3 Å². The Kier molecular flexibility index (Phi) is 6.65. The van der Waals surface area contributed by atoms with Crippen molar-refractivity contribution in [2.45, 2.75) is 31.6 Å². The van der Waals surface area contributed by atoms with Gasteiger partial charge in [-0.25, -0.2) is 0 Å². The first-order valence-electron chi connectivity index (χ1n) is 8.98. The van der Waals surface area contributed by atoms with Crippen molar-refractivity contribution in [3.05, 3.63) is 65.7 Å². The van der Waals surface area contributed by atoms with Gasteiger partial charge < -0.3 is 4.74 Å². The molecule has 3 rings (SSSR count). The van der Waals surface area contributed by atoms with E-state index in [0.29, 0.717) is 11.7 Å². The molecule has 0 aliphatic carbocycles. The van der Waals surface area contributed by atoms with Crippen molar-refractivity contribution in [2.75, 3.05) is 7.11 Å². The number of carbonyl (C=O) groups excluding carboxylic acids is 1. The van der Waals surface area contributed by atoms with Gasteiger partial charge in [-0.15, -0.1) is 5.10 Å². The highest BCUT2D eigenvalue weighted by molar-refractivity contribution is 8.15. The van der Waals surface area contributed by atoms with Crippen molar-refractivity contribution in [1.82, 2.24) is 4.90 Å². The highest BCUT2D eigenvalue weighted by Crippen LogP contribution is 2.31. The summed E-state index contributed by atoms with van der Waals surface area (Å²) in [6.07, 6.45) is 3.49. The molecule has 1 saturated heterocycles. The molecule has 0 aromatic heterocycles. The number of benzene rings is 2. The summed E-state index contributed by atoms with van der Waals surface area (Å²) in [6.45, 7) is 2.61. The Morgan fingerprint density at radius 1 is 1.15 bits per heavy atom. The summed E-state index contributed by atoms with van der Waals surface area (Å²) in [4.78, 5) is 14.5. The van der Waals surface area contributed by atoms with Gasteiger partial charge >= 0.3 is 0 Å². The fraction of sp³-hybridized carbons (Fsp3) is 0.286. The van der Waals surface area contributed by atoms with Crippen molar-refractivity contribution in [1.29, 1.82) is 0 Å². The lowest BCUT2D eigenvalue weighted by molar-refractivity contribution is -0.126. The third-order valence-corrected chi connectivity index (χ3v) is 5.46. The number of carbonyl (C=O) groups is 1. The van der Waals surface area contributed by atoms with Crippen LogP contribution in [0.25, 0.3) is 0 Å². The largest absolute Gasteiger partial charge is 0.497 e. The van der Waals surface area contributed by atoms with Crippen molar-refractivity contribution in [2.24, 2.45) is 10.2 Å². The number of methoxy groups -OCH3 is 1. The minimum absolute atomic E-state index is 0.0753. The summed E-state index contributed by atoms with van der Waals surface area (Å²) >= 11 is 1.50. The summed E-state index contributed by atoms with van der Waals surface area (Å²) in [6, 6.07) is 17.5. The van der Waals surface area contributed by atoms with Crippen molar-refractivity contribution in [3.8, 4) is 5.75 Å². The molecule has 1 aliphatic heterocycles. The Labute approximate surface area is 164 Å². The quantitative estimate of drug-likeness (QED) is 0.530. The van der Waals surface area contributed by atoms with Gasteiger partial charge in [-0.3, -0.25) is 9.69 Å². The second kappa shape index (κ2) is 9.37. The minimum Gasteiger partial charge on any atom is -0.497 e. The van der Waals surface area contributed by atoms with Crippen LogP contribution in [0.5, 0.6) is 5.75 Å². The van der Waals surface area contributed by atoms with E-state index in [4.69, 9.17) is 4.74 Å². The Morgan fingerprint density at radius 2 is 1.89 bits per heavy atom. The van der Waals surface area contributed by atoms with E-state index in [9.17, 15) is 4.79 Å². The van der Waals surface area contributed by atoms with Crippen LogP contribution in [-0.4, -0.2) is 34.5 Å². The van der Waals surface area contributed by atoms with Crippen molar-refractivity contribution in [3.63, 3.8) is 0 Å². The Hall–Kier alpha value is -2.60. The highest BCUT2D eigenvalue weighted by atomic mass is 32.2. The maximum Gasteiger partial charge on any atom is 0.242 e. The summed E-state index contributed by atoms with van der Waals surface area (Å²) in [5, 5.41) is 9.14. The fourth-order valence-electron chi connectivity index (χ4n) is 2.78. The van der Waals surface area contributed by atoms with E-state index in [1.807, 2.05) is 54.6 Å². The highest BCUT2D eigenvalue weighted by Gasteiger charge is 2.37. The number of amidine groups is 1. The van der Waals surface area contributed by atoms with Crippen LogP contribution >= 0.6 is 11.8 Å². The smallest absolute Gasteiger partial charge is 0.242 e. The maximum absolute atomic E-state index is 12.8. The van der Waals surface area contributed by atoms with Gasteiger partial charge in [0.05, 0.1) is 25.1 Å². The van der Waals surface area contributed by atoms with Gasteiger partial charge in [-0.2, -0.15) is 5.10 Å². The molecule has 0 saturated carbocycles. The SMILES string of the molecule is CCCC1S/C(=N\N=C\c2ccc(OC)cc2)N(Cc2ccccc2)C1=O. The van der Waals surface area contributed by atoms with Crippen LogP contribution in [0.1, 0.15) is 30.9 Å². The summed E-state index contributed by atoms with van der Waals surface area (Å²) in [5.74, 6) is 0.913. The normalized spacial score (nSPS) is 18.6. The number of hydrogen-bond acceptors (Lipinski definition) is 5. The molecular formula is C21H23N3O2S. The van der Waals surface area contributed by atoms with Gasteiger partial charge in [0.2, 0.25) is 5.91 Å². The lowest BCUT2D eigenvalue weighted by atomic mass is 10.2. The molecule has 140 valence electrons. The molecule has 2 aromatic carbocycles. The van der Waals surface area contributed by atoms with Gasteiger partial charge in [-0.05, 0) is 41.8 Å². The van der Waals surface area contributed by atoms with Crippen LogP contribution in [0, 0.1) is 0 Å². The van der Waals surface area contributed by atoms with Crippen LogP contribution in [0.4, 0.5) is 0 Å². The molecule has 1 fully saturated rings. The van der Waals surface area contributed by atoms with E-state index in [0.717, 1.165) is 29.7 Å². The van der Waals surface area contributed by atoms with Gasteiger partial charge in [-0.1, -0.05) is 55.4 Å². The molecule has 5 nitrogen and oxygen atoms in total. The third kappa shape index (κ3) is 4.98. The monoisotopic (exact) mass is 381 g/mol. The average Bonchev–Trinajstić information content (AvgIpc) is 2.99. The van der Waals surface area contributed by atoms with E-state index in [2.05, 4.69) is 17.1 Å². The van der Waals surface area contributed by atoms with Crippen LogP contribution < -0.4 is 4.74 Å². The van der Waals surface area contributed by atoms with E-state index in [-0.39, 0.29) is 11.2 Å². The number of nitrogens with zero attached hydrogens (tertiary/aromatic N) is 3. The van der Waals surface area contributed by atoms with Gasteiger partial charge in [0.15, 0.2) is 5.17 Å². The molecule has 27 heavy (non-hydrogen) atoms. The van der Waals surface area contributed by atoms with Gasteiger partial charge in [0.1, 0.15) is 5.75 Å². The zero-order valence-electron chi connectivity index (χ0n) is 15.5. The lowest BCUT2D eigenvalue weighted by Gasteiger charge is -2.15. The molecular weight excluding hydrogens is 358 g/mol. The Morgan fingerprint density at radius 3 is 2.56 bits per heavy atom. The number of ether oxygens (including phenoxy) is 1. The molecule has 0 N–H and O–H groups in total. The summed E-state index contributed by atoms with van der Waals surface area (Å²) in [7, 11) is 1.64.